The van der Waals surface area contributed by atoms with Gasteiger partial charge in [0.05, 0.1) is 6.54 Å². The van der Waals surface area contributed by atoms with Crippen molar-refractivity contribution < 1.29 is 9.59 Å². The largest absolute Gasteiger partial charge is 0.335 e. The second-order valence-corrected chi connectivity index (χ2v) is 6.50. The minimum atomic E-state index is -0.383. The lowest BCUT2D eigenvalue weighted by Crippen LogP contribution is -2.44. The third kappa shape index (κ3) is 4.30. The average Bonchev–Trinajstić information content (AvgIpc) is 3.25. The average molecular weight is 316 g/mol. The van der Waals surface area contributed by atoms with E-state index in [1.807, 2.05) is 18.2 Å². The van der Waals surface area contributed by atoms with Gasteiger partial charge in [-0.25, -0.2) is 4.79 Å². The van der Waals surface area contributed by atoms with Crippen molar-refractivity contribution in [2.75, 3.05) is 26.2 Å². The van der Waals surface area contributed by atoms with E-state index in [4.69, 9.17) is 5.73 Å². The molecule has 1 saturated carbocycles. The van der Waals surface area contributed by atoms with E-state index in [1.165, 1.54) is 5.56 Å². The number of urea groups is 1. The van der Waals surface area contributed by atoms with Gasteiger partial charge < -0.3 is 11.1 Å². The van der Waals surface area contributed by atoms with Crippen LogP contribution < -0.4 is 16.4 Å². The van der Waals surface area contributed by atoms with Crippen LogP contribution in [0.25, 0.3) is 0 Å². The van der Waals surface area contributed by atoms with Crippen molar-refractivity contribution in [2.24, 2.45) is 11.7 Å². The summed E-state index contributed by atoms with van der Waals surface area (Å²) >= 11 is 0. The van der Waals surface area contributed by atoms with Gasteiger partial charge in [0.1, 0.15) is 0 Å². The highest BCUT2D eigenvalue weighted by Crippen LogP contribution is 2.31. The van der Waals surface area contributed by atoms with Crippen molar-refractivity contribution in [2.45, 2.75) is 24.8 Å². The van der Waals surface area contributed by atoms with Crippen molar-refractivity contribution in [3.63, 3.8) is 0 Å². The molecule has 6 heteroatoms. The molecule has 0 unspecified atom stereocenters. The summed E-state index contributed by atoms with van der Waals surface area (Å²) in [4.78, 5) is 25.7. The second-order valence-electron chi connectivity index (χ2n) is 6.50. The van der Waals surface area contributed by atoms with Crippen LogP contribution in [-0.2, 0) is 4.79 Å². The number of hydrogen-bond acceptors (Lipinski definition) is 4. The first-order valence-electron chi connectivity index (χ1n) is 8.23. The Hall–Kier alpha value is -1.92. The number of carbonyl (C=O) groups is 2. The number of rotatable bonds is 5. The van der Waals surface area contributed by atoms with E-state index in [-0.39, 0.29) is 24.5 Å². The van der Waals surface area contributed by atoms with Crippen LogP contribution in [-0.4, -0.2) is 49.1 Å². The topological polar surface area (TPSA) is 87.5 Å². The van der Waals surface area contributed by atoms with Crippen LogP contribution in [0.5, 0.6) is 0 Å². The molecule has 0 radical (unpaired) electrons. The van der Waals surface area contributed by atoms with E-state index in [1.54, 1.807) is 0 Å². The van der Waals surface area contributed by atoms with Crippen molar-refractivity contribution in [3.05, 3.63) is 35.9 Å². The van der Waals surface area contributed by atoms with Crippen molar-refractivity contribution in [1.82, 2.24) is 15.5 Å². The number of hydrogen-bond donors (Lipinski definition) is 3. The SMILES string of the molecule is NC[C@@H]1CN(CC(=O)NC(=O)NC2CC2)C[C@H]1c1ccccc1. The van der Waals surface area contributed by atoms with E-state index >= 15 is 0 Å². The molecule has 1 aliphatic heterocycles. The summed E-state index contributed by atoms with van der Waals surface area (Å²) < 4.78 is 0. The van der Waals surface area contributed by atoms with Gasteiger partial charge in [-0.2, -0.15) is 0 Å². The molecule has 0 bridgehead atoms. The zero-order valence-corrected chi connectivity index (χ0v) is 13.2. The van der Waals surface area contributed by atoms with E-state index < -0.39 is 0 Å². The Labute approximate surface area is 136 Å². The van der Waals surface area contributed by atoms with Crippen LogP contribution in [0, 0.1) is 5.92 Å². The normalized spacial score (nSPS) is 24.4. The van der Waals surface area contributed by atoms with E-state index in [2.05, 4.69) is 27.7 Å². The molecule has 2 aliphatic rings. The van der Waals surface area contributed by atoms with Crippen LogP contribution in [0.4, 0.5) is 4.79 Å². The van der Waals surface area contributed by atoms with E-state index in [9.17, 15) is 9.59 Å². The summed E-state index contributed by atoms with van der Waals surface area (Å²) in [5.74, 6) is 0.424. The Morgan fingerprint density at radius 1 is 1.17 bits per heavy atom. The molecule has 1 aliphatic carbocycles. The monoisotopic (exact) mass is 316 g/mol. The van der Waals surface area contributed by atoms with Gasteiger partial charge in [-0.05, 0) is 30.9 Å². The van der Waals surface area contributed by atoms with Gasteiger partial charge in [0.2, 0.25) is 5.91 Å². The first-order valence-corrected chi connectivity index (χ1v) is 8.23. The summed E-state index contributed by atoms with van der Waals surface area (Å²) in [5.41, 5.74) is 7.17. The molecule has 2 fully saturated rings. The fourth-order valence-electron chi connectivity index (χ4n) is 3.22. The molecule has 1 saturated heterocycles. The molecular weight excluding hydrogens is 292 g/mol. The summed E-state index contributed by atoms with van der Waals surface area (Å²) in [6.45, 7) is 2.41. The third-order valence-corrected chi connectivity index (χ3v) is 4.58. The summed E-state index contributed by atoms with van der Waals surface area (Å²) in [6, 6.07) is 10.1. The summed E-state index contributed by atoms with van der Waals surface area (Å²) in [5, 5.41) is 5.16. The number of benzene rings is 1. The second kappa shape index (κ2) is 7.10. The Kier molecular flexibility index (Phi) is 4.93. The number of nitrogens with one attached hydrogen (secondary N) is 2. The van der Waals surface area contributed by atoms with Gasteiger partial charge in [0.25, 0.3) is 0 Å². The molecule has 0 spiro atoms. The molecule has 3 rings (SSSR count). The van der Waals surface area contributed by atoms with Gasteiger partial charge in [0, 0.05) is 25.0 Å². The Bertz CT molecular complexity index is 559. The highest BCUT2D eigenvalue weighted by molar-refractivity contribution is 5.95. The van der Waals surface area contributed by atoms with Crippen LogP contribution in [0.1, 0.15) is 24.3 Å². The Balaban J connectivity index is 1.52. The van der Waals surface area contributed by atoms with Crippen molar-refractivity contribution in [1.29, 1.82) is 0 Å². The van der Waals surface area contributed by atoms with Gasteiger partial charge >= 0.3 is 6.03 Å². The number of carbonyl (C=O) groups excluding carboxylic acids is 2. The molecule has 6 nitrogen and oxygen atoms in total. The van der Waals surface area contributed by atoms with Crippen molar-refractivity contribution in [3.8, 4) is 0 Å². The predicted molar refractivity (Wildman–Crippen MR) is 87.9 cm³/mol. The molecule has 1 heterocycles. The lowest BCUT2D eigenvalue weighted by atomic mass is 9.89. The zero-order chi connectivity index (χ0) is 16.2. The molecule has 2 atom stereocenters. The van der Waals surface area contributed by atoms with Crippen LogP contribution in [0.15, 0.2) is 30.3 Å². The highest BCUT2D eigenvalue weighted by Gasteiger charge is 2.33. The van der Waals surface area contributed by atoms with E-state index in [0.717, 1.165) is 25.9 Å². The molecule has 4 N–H and O–H groups in total. The van der Waals surface area contributed by atoms with Gasteiger partial charge in [-0.3, -0.25) is 15.0 Å². The zero-order valence-electron chi connectivity index (χ0n) is 13.2. The van der Waals surface area contributed by atoms with Gasteiger partial charge in [-0.1, -0.05) is 30.3 Å². The quantitative estimate of drug-likeness (QED) is 0.744. The van der Waals surface area contributed by atoms with Gasteiger partial charge in [0.15, 0.2) is 0 Å². The molecule has 0 aromatic heterocycles. The highest BCUT2D eigenvalue weighted by atomic mass is 16.2. The maximum Gasteiger partial charge on any atom is 0.321 e. The lowest BCUT2D eigenvalue weighted by molar-refractivity contribution is -0.120. The Morgan fingerprint density at radius 3 is 2.57 bits per heavy atom. The number of nitrogens with zero attached hydrogens (tertiary/aromatic N) is 1. The summed E-state index contributed by atoms with van der Waals surface area (Å²) in [7, 11) is 0. The standard InChI is InChI=1S/C17H24N4O2/c18-8-13-9-21(10-15(13)12-4-2-1-3-5-12)11-16(22)20-17(23)19-14-6-7-14/h1-5,13-15H,6-11,18H2,(H2,19,20,22,23)/t13-,15+/m1/s1. The van der Waals surface area contributed by atoms with Crippen molar-refractivity contribution >= 4 is 11.9 Å². The first kappa shape index (κ1) is 16.0. The van der Waals surface area contributed by atoms with Crippen LogP contribution >= 0.6 is 0 Å². The molecule has 124 valence electrons. The fraction of sp³-hybridized carbons (Fsp3) is 0.529. The van der Waals surface area contributed by atoms with Crippen LogP contribution in [0.3, 0.4) is 0 Å². The smallest absolute Gasteiger partial charge is 0.321 e. The molecular formula is C17H24N4O2. The lowest BCUT2D eigenvalue weighted by Gasteiger charge is -2.16. The third-order valence-electron chi connectivity index (χ3n) is 4.58. The number of amides is 3. The molecule has 3 amide bonds. The fourth-order valence-corrected chi connectivity index (χ4v) is 3.22. The maximum atomic E-state index is 12.0. The number of imide groups is 1. The summed E-state index contributed by atoms with van der Waals surface area (Å²) in [6.07, 6.45) is 2.01. The minimum absolute atomic E-state index is 0.234. The van der Waals surface area contributed by atoms with E-state index in [0.29, 0.717) is 18.4 Å². The first-order chi connectivity index (χ1) is 11.2. The number of nitrogens with two attached hydrogens (primary N) is 1. The van der Waals surface area contributed by atoms with Gasteiger partial charge in [-0.15, -0.1) is 0 Å². The Morgan fingerprint density at radius 2 is 1.91 bits per heavy atom. The minimum Gasteiger partial charge on any atom is -0.335 e. The molecule has 1 aromatic rings. The number of likely N-dealkylation sites (tertiary alicyclic amines) is 1. The van der Waals surface area contributed by atoms with Crippen LogP contribution in [0.2, 0.25) is 0 Å². The predicted octanol–water partition coefficient (Wildman–Crippen LogP) is 0.649. The molecule has 23 heavy (non-hydrogen) atoms. The maximum absolute atomic E-state index is 12.0. The molecule has 1 aromatic carbocycles.